The molecule has 0 spiro atoms. The maximum Gasteiger partial charge on any atom is 0.257 e. The molecule has 0 aliphatic carbocycles. The van der Waals surface area contributed by atoms with Crippen LogP contribution in [0.3, 0.4) is 0 Å². The Morgan fingerprint density at radius 3 is 3.16 bits per heavy atom. The first kappa shape index (κ1) is 14.8. The normalized spacial score (nSPS) is 20.6. The molecule has 1 saturated heterocycles. The summed E-state index contributed by atoms with van der Waals surface area (Å²) in [6.07, 6.45) is 3.65. The molecule has 6 heteroatoms. The number of carbonyl (C=O) groups excluding carboxylic acids is 1. The fraction of sp³-hybridized carbons (Fsp3) is 0.538. The average molecular weight is 348 g/mol. The fourth-order valence-corrected chi connectivity index (χ4v) is 2.98. The summed E-state index contributed by atoms with van der Waals surface area (Å²) in [5.41, 5.74) is 0.411. The van der Waals surface area contributed by atoms with Crippen LogP contribution in [-0.2, 0) is 0 Å². The van der Waals surface area contributed by atoms with Gasteiger partial charge < -0.3 is 10.0 Å². The van der Waals surface area contributed by atoms with Crippen molar-refractivity contribution in [2.45, 2.75) is 38.3 Å². The van der Waals surface area contributed by atoms with Crippen molar-refractivity contribution in [2.75, 3.05) is 6.54 Å². The maximum atomic E-state index is 12.5. The number of halogens is 2. The SMILES string of the molecule is CC(O)CC1CCCN1C(=O)c1cc(Br)cnc1Cl. The van der Waals surface area contributed by atoms with Gasteiger partial charge in [-0.15, -0.1) is 0 Å². The number of pyridine rings is 1. The summed E-state index contributed by atoms with van der Waals surface area (Å²) < 4.78 is 0.728. The van der Waals surface area contributed by atoms with Crippen molar-refractivity contribution in [3.63, 3.8) is 0 Å². The molecular formula is C13H16BrClN2O2. The van der Waals surface area contributed by atoms with Crippen molar-refractivity contribution in [1.29, 1.82) is 0 Å². The number of likely N-dealkylation sites (tertiary alicyclic amines) is 1. The van der Waals surface area contributed by atoms with E-state index in [1.165, 1.54) is 0 Å². The lowest BCUT2D eigenvalue weighted by Crippen LogP contribution is -2.37. The molecule has 4 nitrogen and oxygen atoms in total. The van der Waals surface area contributed by atoms with E-state index in [9.17, 15) is 9.90 Å². The summed E-state index contributed by atoms with van der Waals surface area (Å²) in [6, 6.07) is 1.78. The third-order valence-corrected chi connectivity index (χ3v) is 4.02. The number of carbonyl (C=O) groups is 1. The Balaban J connectivity index is 2.20. The van der Waals surface area contributed by atoms with Crippen LogP contribution in [-0.4, -0.2) is 39.6 Å². The van der Waals surface area contributed by atoms with Gasteiger partial charge in [0, 0.05) is 23.3 Å². The number of aliphatic hydroxyl groups excluding tert-OH is 1. The Labute approximate surface area is 125 Å². The fourth-order valence-electron chi connectivity index (χ4n) is 2.47. The molecule has 1 aliphatic rings. The quantitative estimate of drug-likeness (QED) is 0.855. The molecule has 1 aromatic rings. The van der Waals surface area contributed by atoms with Crippen molar-refractivity contribution in [3.05, 3.63) is 27.5 Å². The lowest BCUT2D eigenvalue weighted by molar-refractivity contribution is 0.0682. The summed E-state index contributed by atoms with van der Waals surface area (Å²) in [4.78, 5) is 18.3. The molecule has 1 aromatic heterocycles. The van der Waals surface area contributed by atoms with E-state index in [1.54, 1.807) is 24.1 Å². The lowest BCUT2D eigenvalue weighted by atomic mass is 10.1. The molecular weight excluding hydrogens is 332 g/mol. The van der Waals surface area contributed by atoms with Crippen LogP contribution in [0.15, 0.2) is 16.7 Å². The molecule has 0 radical (unpaired) electrons. The van der Waals surface area contributed by atoms with E-state index >= 15 is 0 Å². The van der Waals surface area contributed by atoms with Gasteiger partial charge in [-0.05, 0) is 48.2 Å². The zero-order valence-electron chi connectivity index (χ0n) is 10.6. The minimum absolute atomic E-state index is 0.0857. The number of aromatic nitrogens is 1. The van der Waals surface area contributed by atoms with Gasteiger partial charge in [-0.3, -0.25) is 4.79 Å². The first-order chi connectivity index (χ1) is 8.99. The lowest BCUT2D eigenvalue weighted by Gasteiger charge is -2.26. The van der Waals surface area contributed by atoms with E-state index in [1.807, 2.05) is 0 Å². The summed E-state index contributed by atoms with van der Waals surface area (Å²) >= 11 is 9.29. The van der Waals surface area contributed by atoms with Crippen LogP contribution < -0.4 is 0 Å². The average Bonchev–Trinajstić information content (AvgIpc) is 2.78. The van der Waals surface area contributed by atoms with Gasteiger partial charge in [-0.25, -0.2) is 4.98 Å². The second-order valence-electron chi connectivity index (χ2n) is 4.87. The molecule has 1 aliphatic heterocycles. The van der Waals surface area contributed by atoms with Gasteiger partial charge in [-0.2, -0.15) is 0 Å². The van der Waals surface area contributed by atoms with E-state index in [0.717, 1.165) is 17.3 Å². The predicted octanol–water partition coefficient (Wildman–Crippen LogP) is 2.87. The summed E-state index contributed by atoms with van der Waals surface area (Å²) in [6.45, 7) is 2.45. The van der Waals surface area contributed by atoms with E-state index < -0.39 is 6.10 Å². The number of nitrogens with zero attached hydrogens (tertiary/aromatic N) is 2. The topological polar surface area (TPSA) is 53.4 Å². The molecule has 104 valence electrons. The summed E-state index contributed by atoms with van der Waals surface area (Å²) in [7, 11) is 0. The number of rotatable bonds is 3. The van der Waals surface area contributed by atoms with E-state index in [-0.39, 0.29) is 17.1 Å². The third-order valence-electron chi connectivity index (χ3n) is 3.29. The second-order valence-corrected chi connectivity index (χ2v) is 6.14. The summed E-state index contributed by atoms with van der Waals surface area (Å²) in [5, 5.41) is 9.72. The standard InChI is InChI=1S/C13H16BrClN2O2/c1-8(18)5-10-3-2-4-17(10)13(19)11-6-9(14)7-16-12(11)15/h6-8,10,18H,2-5H2,1H3. The van der Waals surface area contributed by atoms with Crippen LogP contribution in [0.25, 0.3) is 0 Å². The van der Waals surface area contributed by atoms with Crippen LogP contribution in [0.2, 0.25) is 5.15 Å². The highest BCUT2D eigenvalue weighted by atomic mass is 79.9. The maximum absolute atomic E-state index is 12.5. The Hall–Kier alpha value is -0.650. The van der Waals surface area contributed by atoms with Crippen LogP contribution in [0.4, 0.5) is 0 Å². The van der Waals surface area contributed by atoms with Gasteiger partial charge in [-0.1, -0.05) is 11.6 Å². The molecule has 1 fully saturated rings. The minimum atomic E-state index is -0.408. The van der Waals surface area contributed by atoms with E-state index in [0.29, 0.717) is 18.5 Å². The zero-order valence-corrected chi connectivity index (χ0v) is 13.0. The second kappa shape index (κ2) is 6.20. The molecule has 0 aromatic carbocycles. The molecule has 2 atom stereocenters. The van der Waals surface area contributed by atoms with Gasteiger partial charge >= 0.3 is 0 Å². The number of hydrogen-bond acceptors (Lipinski definition) is 3. The number of amides is 1. The molecule has 1 amide bonds. The van der Waals surface area contributed by atoms with Gasteiger partial charge in [0.2, 0.25) is 0 Å². The van der Waals surface area contributed by atoms with Crippen molar-refractivity contribution < 1.29 is 9.90 Å². The summed E-state index contributed by atoms with van der Waals surface area (Å²) in [5.74, 6) is -0.109. The van der Waals surface area contributed by atoms with Gasteiger partial charge in [0.1, 0.15) is 5.15 Å². The number of hydrogen-bond donors (Lipinski definition) is 1. The zero-order chi connectivity index (χ0) is 14.0. The Bertz CT molecular complexity index is 482. The van der Waals surface area contributed by atoms with Gasteiger partial charge in [0.15, 0.2) is 0 Å². The Morgan fingerprint density at radius 2 is 2.47 bits per heavy atom. The van der Waals surface area contributed by atoms with Crippen LogP contribution >= 0.6 is 27.5 Å². The first-order valence-corrected chi connectivity index (χ1v) is 7.46. The largest absolute Gasteiger partial charge is 0.393 e. The molecule has 1 N–H and O–H groups in total. The van der Waals surface area contributed by atoms with Crippen molar-refractivity contribution in [1.82, 2.24) is 9.88 Å². The predicted molar refractivity (Wildman–Crippen MR) is 77.3 cm³/mol. The molecule has 0 bridgehead atoms. The van der Waals surface area contributed by atoms with E-state index in [4.69, 9.17) is 11.6 Å². The molecule has 2 unspecified atom stereocenters. The third kappa shape index (κ3) is 3.46. The Kier molecular flexibility index (Phi) is 4.81. The highest BCUT2D eigenvalue weighted by Crippen LogP contribution is 2.26. The smallest absolute Gasteiger partial charge is 0.257 e. The van der Waals surface area contributed by atoms with Crippen LogP contribution in [0.1, 0.15) is 36.5 Å². The minimum Gasteiger partial charge on any atom is -0.393 e. The monoisotopic (exact) mass is 346 g/mol. The molecule has 2 rings (SSSR count). The molecule has 19 heavy (non-hydrogen) atoms. The van der Waals surface area contributed by atoms with Crippen molar-refractivity contribution in [2.24, 2.45) is 0 Å². The highest BCUT2D eigenvalue weighted by Gasteiger charge is 2.31. The van der Waals surface area contributed by atoms with Crippen molar-refractivity contribution in [3.8, 4) is 0 Å². The van der Waals surface area contributed by atoms with Crippen molar-refractivity contribution >= 4 is 33.4 Å². The van der Waals surface area contributed by atoms with Crippen LogP contribution in [0.5, 0.6) is 0 Å². The van der Waals surface area contributed by atoms with Gasteiger partial charge in [0.05, 0.1) is 11.7 Å². The highest BCUT2D eigenvalue weighted by molar-refractivity contribution is 9.10. The Morgan fingerprint density at radius 1 is 1.74 bits per heavy atom. The first-order valence-electron chi connectivity index (χ1n) is 6.29. The van der Waals surface area contributed by atoms with Crippen LogP contribution in [0, 0.1) is 0 Å². The molecule has 0 saturated carbocycles. The van der Waals surface area contributed by atoms with E-state index in [2.05, 4.69) is 20.9 Å². The van der Waals surface area contributed by atoms with Gasteiger partial charge in [0.25, 0.3) is 5.91 Å². The number of aliphatic hydroxyl groups is 1. The molecule has 2 heterocycles.